The van der Waals surface area contributed by atoms with E-state index in [1.807, 2.05) is 18.2 Å². The van der Waals surface area contributed by atoms with Crippen LogP contribution in [0.1, 0.15) is 0 Å². The highest BCUT2D eigenvalue weighted by Crippen LogP contribution is 2.31. The van der Waals surface area contributed by atoms with E-state index in [4.69, 9.17) is 14.2 Å². The number of hydrogen-bond acceptors (Lipinski definition) is 6. The molecule has 0 aliphatic rings. The van der Waals surface area contributed by atoms with Crippen LogP contribution >= 0.6 is 0 Å². The summed E-state index contributed by atoms with van der Waals surface area (Å²) in [5.74, 6) is 1.08. The van der Waals surface area contributed by atoms with Gasteiger partial charge < -0.3 is 19.5 Å². The molecule has 9 heteroatoms. The minimum Gasteiger partial charge on any atom is -0.497 e. The Hall–Kier alpha value is -3.72. The summed E-state index contributed by atoms with van der Waals surface area (Å²) in [6.07, 6.45) is 0. The Morgan fingerprint density at radius 3 is 2.23 bits per heavy atom. The first-order valence-corrected chi connectivity index (χ1v) is 10.7. The lowest BCUT2D eigenvalue weighted by atomic mass is 10.3. The zero-order chi connectivity index (χ0) is 22.3. The van der Waals surface area contributed by atoms with Crippen LogP contribution in [-0.2, 0) is 14.8 Å². The fourth-order valence-electron chi connectivity index (χ4n) is 2.67. The normalized spacial score (nSPS) is 10.8. The van der Waals surface area contributed by atoms with Crippen molar-refractivity contribution in [2.75, 3.05) is 30.9 Å². The smallest absolute Gasteiger partial charge is 0.262 e. The molecule has 0 saturated carbocycles. The molecule has 0 aromatic heterocycles. The van der Waals surface area contributed by atoms with Crippen molar-refractivity contribution in [1.29, 1.82) is 0 Å². The summed E-state index contributed by atoms with van der Waals surface area (Å²) >= 11 is 0. The Balaban J connectivity index is 1.64. The zero-order valence-electron chi connectivity index (χ0n) is 17.0. The standard InChI is InChI=1S/C22H22N2O6S/c1-28-18-10-13-20(21(14-18)29-2)24-31(26,27)19-11-8-16(9-12-19)23-22(25)15-30-17-6-4-3-5-7-17/h3-14,24H,15H2,1-2H3,(H,23,25). The molecule has 162 valence electrons. The number of anilines is 2. The van der Waals surface area contributed by atoms with Crippen molar-refractivity contribution in [2.24, 2.45) is 0 Å². The van der Waals surface area contributed by atoms with E-state index in [-0.39, 0.29) is 23.1 Å². The number of methoxy groups -OCH3 is 2. The monoisotopic (exact) mass is 442 g/mol. The second-order valence-corrected chi connectivity index (χ2v) is 8.03. The molecule has 31 heavy (non-hydrogen) atoms. The van der Waals surface area contributed by atoms with E-state index in [2.05, 4.69) is 10.0 Å². The maximum atomic E-state index is 12.7. The molecular weight excluding hydrogens is 420 g/mol. The summed E-state index contributed by atoms with van der Waals surface area (Å²) in [5, 5.41) is 2.66. The van der Waals surface area contributed by atoms with Crippen molar-refractivity contribution >= 4 is 27.3 Å². The number of rotatable bonds is 9. The van der Waals surface area contributed by atoms with E-state index in [9.17, 15) is 13.2 Å². The summed E-state index contributed by atoms with van der Waals surface area (Å²) < 4.78 is 43.6. The number of amides is 1. The predicted octanol–water partition coefficient (Wildman–Crippen LogP) is 3.52. The lowest BCUT2D eigenvalue weighted by Crippen LogP contribution is -2.20. The van der Waals surface area contributed by atoms with Gasteiger partial charge in [0.2, 0.25) is 0 Å². The molecule has 0 spiro atoms. The van der Waals surface area contributed by atoms with Gasteiger partial charge in [-0.3, -0.25) is 9.52 Å². The average molecular weight is 442 g/mol. The largest absolute Gasteiger partial charge is 0.497 e. The highest BCUT2D eigenvalue weighted by molar-refractivity contribution is 7.92. The fourth-order valence-corrected chi connectivity index (χ4v) is 3.74. The highest BCUT2D eigenvalue weighted by atomic mass is 32.2. The van der Waals surface area contributed by atoms with Crippen molar-refractivity contribution in [2.45, 2.75) is 4.90 Å². The van der Waals surface area contributed by atoms with Crippen LogP contribution in [0.4, 0.5) is 11.4 Å². The van der Waals surface area contributed by atoms with E-state index in [0.717, 1.165) is 0 Å². The van der Waals surface area contributed by atoms with Crippen LogP contribution in [0.5, 0.6) is 17.2 Å². The third kappa shape index (κ3) is 5.89. The van der Waals surface area contributed by atoms with Gasteiger partial charge in [0.1, 0.15) is 17.2 Å². The molecule has 8 nitrogen and oxygen atoms in total. The first-order valence-electron chi connectivity index (χ1n) is 9.24. The van der Waals surface area contributed by atoms with Gasteiger partial charge in [-0.15, -0.1) is 0 Å². The Morgan fingerprint density at radius 2 is 1.58 bits per heavy atom. The van der Waals surface area contributed by atoms with Crippen LogP contribution < -0.4 is 24.2 Å². The summed E-state index contributed by atoms with van der Waals surface area (Å²) in [5.41, 5.74) is 0.723. The maximum Gasteiger partial charge on any atom is 0.262 e. The summed E-state index contributed by atoms with van der Waals surface area (Å²) in [4.78, 5) is 12.1. The van der Waals surface area contributed by atoms with Crippen LogP contribution in [0.15, 0.2) is 77.7 Å². The number of benzene rings is 3. The number of ether oxygens (including phenoxy) is 3. The molecule has 0 aliphatic heterocycles. The van der Waals surface area contributed by atoms with Gasteiger partial charge in [0.05, 0.1) is 24.8 Å². The van der Waals surface area contributed by atoms with Gasteiger partial charge >= 0.3 is 0 Å². The Labute approximate surface area is 180 Å². The summed E-state index contributed by atoms with van der Waals surface area (Å²) in [6, 6.07) is 19.5. The van der Waals surface area contributed by atoms with Gasteiger partial charge in [-0.25, -0.2) is 8.42 Å². The van der Waals surface area contributed by atoms with Gasteiger partial charge in [-0.2, -0.15) is 0 Å². The fraction of sp³-hybridized carbons (Fsp3) is 0.136. The topological polar surface area (TPSA) is 103 Å². The van der Waals surface area contributed by atoms with Crippen molar-refractivity contribution < 1.29 is 27.4 Å². The molecule has 0 atom stereocenters. The molecule has 3 aromatic carbocycles. The third-order valence-corrected chi connectivity index (χ3v) is 5.60. The minimum absolute atomic E-state index is 0.0314. The van der Waals surface area contributed by atoms with Gasteiger partial charge in [-0.1, -0.05) is 18.2 Å². The van der Waals surface area contributed by atoms with E-state index >= 15 is 0 Å². The Morgan fingerprint density at radius 1 is 0.871 bits per heavy atom. The number of nitrogens with one attached hydrogen (secondary N) is 2. The van der Waals surface area contributed by atoms with Gasteiger partial charge in [0.15, 0.2) is 6.61 Å². The van der Waals surface area contributed by atoms with Crippen molar-refractivity contribution in [1.82, 2.24) is 0 Å². The molecule has 0 fully saturated rings. The summed E-state index contributed by atoms with van der Waals surface area (Å²) in [6.45, 7) is -0.164. The zero-order valence-corrected chi connectivity index (χ0v) is 17.8. The molecule has 3 aromatic rings. The Kier molecular flexibility index (Phi) is 6.99. The quantitative estimate of drug-likeness (QED) is 0.526. The number of para-hydroxylation sites is 1. The van der Waals surface area contributed by atoms with E-state index in [0.29, 0.717) is 22.9 Å². The highest BCUT2D eigenvalue weighted by Gasteiger charge is 2.17. The molecule has 1 amide bonds. The maximum absolute atomic E-state index is 12.7. The second-order valence-electron chi connectivity index (χ2n) is 6.35. The predicted molar refractivity (Wildman–Crippen MR) is 117 cm³/mol. The SMILES string of the molecule is COc1ccc(NS(=O)(=O)c2ccc(NC(=O)COc3ccccc3)cc2)c(OC)c1. The molecule has 0 bridgehead atoms. The van der Waals surface area contributed by atoms with Crippen LogP contribution in [0.25, 0.3) is 0 Å². The van der Waals surface area contributed by atoms with E-state index < -0.39 is 10.0 Å². The molecule has 0 radical (unpaired) electrons. The molecule has 2 N–H and O–H groups in total. The molecule has 0 saturated heterocycles. The van der Waals surface area contributed by atoms with Crippen LogP contribution in [0, 0.1) is 0 Å². The first-order chi connectivity index (χ1) is 14.9. The van der Waals surface area contributed by atoms with E-state index in [1.54, 1.807) is 30.3 Å². The lowest BCUT2D eigenvalue weighted by Gasteiger charge is -2.13. The van der Waals surface area contributed by atoms with Gasteiger partial charge in [0.25, 0.3) is 15.9 Å². The molecule has 0 unspecified atom stereocenters. The number of carbonyl (C=O) groups is 1. The van der Waals surface area contributed by atoms with Crippen molar-refractivity contribution in [3.8, 4) is 17.2 Å². The average Bonchev–Trinajstić information content (AvgIpc) is 2.79. The molecule has 0 heterocycles. The lowest BCUT2D eigenvalue weighted by molar-refractivity contribution is -0.118. The van der Waals surface area contributed by atoms with Gasteiger partial charge in [0, 0.05) is 11.8 Å². The van der Waals surface area contributed by atoms with Crippen molar-refractivity contribution in [3.05, 3.63) is 72.8 Å². The van der Waals surface area contributed by atoms with Gasteiger partial charge in [-0.05, 0) is 48.5 Å². The van der Waals surface area contributed by atoms with Crippen LogP contribution in [0.2, 0.25) is 0 Å². The number of carbonyl (C=O) groups excluding carboxylic acids is 1. The van der Waals surface area contributed by atoms with Crippen molar-refractivity contribution in [3.63, 3.8) is 0 Å². The van der Waals surface area contributed by atoms with E-state index in [1.165, 1.54) is 38.5 Å². The molecule has 3 rings (SSSR count). The number of hydrogen-bond donors (Lipinski definition) is 2. The number of sulfonamides is 1. The Bertz CT molecular complexity index is 1130. The van der Waals surface area contributed by atoms with Crippen LogP contribution in [0.3, 0.4) is 0 Å². The second kappa shape index (κ2) is 9.86. The third-order valence-electron chi connectivity index (χ3n) is 4.21. The molecule has 0 aliphatic carbocycles. The summed E-state index contributed by atoms with van der Waals surface area (Å²) in [7, 11) is -0.922. The van der Waals surface area contributed by atoms with Crippen LogP contribution in [-0.4, -0.2) is 35.2 Å². The minimum atomic E-state index is -3.87. The first kappa shape index (κ1) is 22.0. The molecular formula is C22H22N2O6S.